The number of aromatic nitrogens is 1. The van der Waals surface area contributed by atoms with Gasteiger partial charge in [-0.2, -0.15) is 5.11 Å². The molecule has 1 unspecified atom stereocenters. The van der Waals surface area contributed by atoms with Gasteiger partial charge < -0.3 is 28.4 Å². The number of thiazole rings is 1. The molecule has 0 saturated heterocycles. The lowest BCUT2D eigenvalue weighted by Crippen LogP contribution is -2.12. The third-order valence-corrected chi connectivity index (χ3v) is 9.98. The Bertz CT molecular complexity index is 2240. The fourth-order valence-electron chi connectivity index (χ4n) is 5.77. The van der Waals surface area contributed by atoms with Gasteiger partial charge in [0.15, 0.2) is 0 Å². The fourth-order valence-corrected chi connectivity index (χ4v) is 6.56. The van der Waals surface area contributed by atoms with Gasteiger partial charge >= 0.3 is 23.9 Å². The lowest BCUT2D eigenvalue weighted by molar-refractivity contribution is -0.138. The first-order chi connectivity index (χ1) is 29.7. The molecule has 0 aliphatic rings. The summed E-state index contributed by atoms with van der Waals surface area (Å²) in [4.78, 5) is 53.4. The van der Waals surface area contributed by atoms with Gasteiger partial charge in [0.25, 0.3) is 0 Å². The van der Waals surface area contributed by atoms with E-state index < -0.39 is 29.9 Å². The molecule has 5 aromatic rings. The van der Waals surface area contributed by atoms with Crippen LogP contribution in [0, 0.1) is 0 Å². The van der Waals surface area contributed by atoms with E-state index in [1.54, 1.807) is 73.7 Å². The average Bonchev–Trinajstić information content (AvgIpc) is 3.71. The normalized spacial score (nSPS) is 11.4. The molecular weight excluding hydrogens is 799 g/mol. The quantitative estimate of drug-likeness (QED) is 0.0181. The van der Waals surface area contributed by atoms with Gasteiger partial charge in [-0.1, -0.05) is 36.6 Å². The summed E-state index contributed by atoms with van der Waals surface area (Å²) in [7, 11) is 0. The molecule has 0 N–H and O–H groups in total. The van der Waals surface area contributed by atoms with Gasteiger partial charge in [-0.05, 0) is 137 Å². The highest BCUT2D eigenvalue weighted by Gasteiger charge is 2.19. The molecule has 61 heavy (non-hydrogen) atoms. The first kappa shape index (κ1) is 45.4. The van der Waals surface area contributed by atoms with Crippen LogP contribution in [-0.4, -0.2) is 55.3 Å². The number of nitrogens with zero attached hydrogens (tertiary/aromatic N) is 3. The van der Waals surface area contributed by atoms with Gasteiger partial charge in [-0.3, -0.25) is 0 Å². The van der Waals surface area contributed by atoms with Crippen LogP contribution in [0.1, 0.15) is 90.6 Å². The highest BCUT2D eigenvalue weighted by molar-refractivity contribution is 7.21. The third-order valence-electron chi connectivity index (χ3n) is 9.06. The molecule has 1 aromatic heterocycles. The summed E-state index contributed by atoms with van der Waals surface area (Å²) in [6.07, 6.45) is 9.14. The van der Waals surface area contributed by atoms with Crippen molar-refractivity contribution in [2.24, 2.45) is 10.2 Å². The number of unbranched alkanes of at least 4 members (excludes halogenated alkanes) is 6. The lowest BCUT2D eigenvalue weighted by atomic mass is 10.1. The van der Waals surface area contributed by atoms with Crippen molar-refractivity contribution in [2.75, 3.05) is 26.4 Å². The zero-order valence-electron chi connectivity index (χ0n) is 34.1. The Hall–Kier alpha value is -6.67. The van der Waals surface area contributed by atoms with Crippen LogP contribution < -0.4 is 18.9 Å². The number of esters is 4. The molecule has 1 heterocycles. The van der Waals surface area contributed by atoms with Gasteiger partial charge in [0.2, 0.25) is 5.13 Å². The van der Waals surface area contributed by atoms with E-state index in [-0.39, 0.29) is 11.5 Å². The van der Waals surface area contributed by atoms with Crippen LogP contribution in [0.2, 0.25) is 0 Å². The van der Waals surface area contributed by atoms with Crippen molar-refractivity contribution >= 4 is 50.6 Å². The Morgan fingerprint density at radius 2 is 1.15 bits per heavy atom. The van der Waals surface area contributed by atoms with Gasteiger partial charge in [0.1, 0.15) is 23.0 Å². The second-order valence-electron chi connectivity index (χ2n) is 13.7. The molecule has 0 amide bonds. The van der Waals surface area contributed by atoms with Crippen molar-refractivity contribution in [1.29, 1.82) is 0 Å². The summed E-state index contributed by atoms with van der Waals surface area (Å²) in [5.74, 6) is -0.343. The summed E-state index contributed by atoms with van der Waals surface area (Å²) in [6.45, 7) is 10.3. The van der Waals surface area contributed by atoms with Crippen LogP contribution in [0.3, 0.4) is 0 Å². The van der Waals surface area contributed by atoms with E-state index in [1.165, 1.54) is 11.3 Å². The maximum atomic E-state index is 13.4. The predicted molar refractivity (Wildman–Crippen MR) is 232 cm³/mol. The number of fused-ring (bicyclic) bond motifs is 1. The van der Waals surface area contributed by atoms with Crippen LogP contribution in [0.5, 0.6) is 23.0 Å². The maximum absolute atomic E-state index is 13.4. The van der Waals surface area contributed by atoms with Gasteiger partial charge in [0.05, 0.1) is 53.8 Å². The van der Waals surface area contributed by atoms with Crippen molar-refractivity contribution < 1.29 is 47.6 Å². The topological polar surface area (TPSA) is 161 Å². The van der Waals surface area contributed by atoms with E-state index in [1.807, 2.05) is 24.3 Å². The number of benzene rings is 4. The van der Waals surface area contributed by atoms with Gasteiger partial charge in [-0.25, -0.2) is 24.2 Å². The first-order valence-electron chi connectivity index (χ1n) is 20.1. The zero-order valence-corrected chi connectivity index (χ0v) is 34.9. The summed E-state index contributed by atoms with van der Waals surface area (Å²) in [6, 6.07) is 25.1. The van der Waals surface area contributed by atoms with E-state index in [4.69, 9.17) is 28.4 Å². The van der Waals surface area contributed by atoms with Crippen LogP contribution in [0.15, 0.2) is 127 Å². The Balaban J connectivity index is 1.18. The molecule has 5 rings (SSSR count). The van der Waals surface area contributed by atoms with E-state index in [0.717, 1.165) is 73.7 Å². The van der Waals surface area contributed by atoms with Crippen LogP contribution >= 0.6 is 11.3 Å². The van der Waals surface area contributed by atoms with Crippen LogP contribution in [0.4, 0.5) is 5.13 Å². The number of hydrogen-bond donors (Lipinski definition) is 0. The molecule has 4 aromatic carbocycles. The van der Waals surface area contributed by atoms with Crippen LogP contribution in [0.25, 0.3) is 10.2 Å². The summed E-state index contributed by atoms with van der Waals surface area (Å²) in [5.41, 5.74) is 1.90. The van der Waals surface area contributed by atoms with E-state index >= 15 is 0 Å². The summed E-state index contributed by atoms with van der Waals surface area (Å²) >= 11 is 1.40. The summed E-state index contributed by atoms with van der Waals surface area (Å²) in [5, 5.41) is 9.35. The minimum absolute atomic E-state index is 0.220. The number of ether oxygens (including phenoxy) is 6. The Morgan fingerprint density at radius 3 is 1.69 bits per heavy atom. The molecular formula is C47H49N3O10S. The SMILES string of the molecule is C=CC(=O)OCCCCCCOc1ccc(C(=O)Oc2ccc(OC(=O)c3ccc(OCCCCCCOC(=O)C=C)cc3)c(C(C)N=Nc3nc4ccccc4s3)c2)cc1. The fraction of sp³-hybridized carbons (Fsp3) is 0.298. The number of hydrogen-bond acceptors (Lipinski definition) is 14. The van der Waals surface area contributed by atoms with E-state index in [2.05, 4.69) is 28.4 Å². The summed E-state index contributed by atoms with van der Waals surface area (Å²) < 4.78 is 34.3. The van der Waals surface area contributed by atoms with Crippen LogP contribution in [-0.2, 0) is 19.1 Å². The molecule has 0 radical (unpaired) electrons. The van der Waals surface area contributed by atoms with Gasteiger partial charge in [0, 0.05) is 17.7 Å². The average molecular weight is 848 g/mol. The molecule has 1 atom stereocenters. The predicted octanol–water partition coefficient (Wildman–Crippen LogP) is 10.9. The lowest BCUT2D eigenvalue weighted by Gasteiger charge is -2.15. The van der Waals surface area contributed by atoms with Crippen molar-refractivity contribution in [3.63, 3.8) is 0 Å². The number of carbonyl (C=O) groups is 4. The Labute approximate surface area is 359 Å². The molecule has 14 heteroatoms. The Kier molecular flexibility index (Phi) is 18.2. The minimum atomic E-state index is -0.627. The smallest absolute Gasteiger partial charge is 0.343 e. The molecule has 0 spiro atoms. The number of rotatable bonds is 25. The third kappa shape index (κ3) is 15.1. The standard InChI is InChI=1S/C47H49N3O10S/c1-4-43(51)57-30-14-8-6-12-28-55-36-22-18-34(19-23-36)45(53)59-38-26-27-41(39(32-38)33(3)49-50-47-48-40-16-10-11-17-42(40)61-47)60-46(54)35-20-24-37(25-21-35)56-29-13-7-9-15-31-58-44(52)5-2/h4-5,10-11,16-27,32-33H,1-2,6-9,12-15,28-31H2,3H3. The van der Waals surface area contributed by atoms with E-state index in [9.17, 15) is 19.2 Å². The van der Waals surface area contributed by atoms with Crippen molar-refractivity contribution in [1.82, 2.24) is 4.98 Å². The molecule has 318 valence electrons. The number of para-hydroxylation sites is 1. The molecule has 0 saturated carbocycles. The zero-order chi connectivity index (χ0) is 43.2. The van der Waals surface area contributed by atoms with Gasteiger partial charge in [-0.15, -0.1) is 5.11 Å². The molecule has 0 aliphatic heterocycles. The molecule has 0 bridgehead atoms. The number of carbonyl (C=O) groups excluding carboxylic acids is 4. The van der Waals surface area contributed by atoms with Crippen molar-refractivity contribution in [2.45, 2.75) is 64.3 Å². The highest BCUT2D eigenvalue weighted by atomic mass is 32.1. The second kappa shape index (κ2) is 24.4. The monoisotopic (exact) mass is 847 g/mol. The minimum Gasteiger partial charge on any atom is -0.494 e. The van der Waals surface area contributed by atoms with Crippen molar-refractivity contribution in [3.8, 4) is 23.0 Å². The molecule has 0 aliphatic carbocycles. The maximum Gasteiger partial charge on any atom is 0.343 e. The highest BCUT2D eigenvalue weighted by Crippen LogP contribution is 2.35. The Morgan fingerprint density at radius 1 is 0.639 bits per heavy atom. The van der Waals surface area contributed by atoms with Crippen molar-refractivity contribution in [3.05, 3.63) is 133 Å². The first-order valence-corrected chi connectivity index (χ1v) is 20.9. The largest absolute Gasteiger partial charge is 0.494 e. The van der Waals surface area contributed by atoms with E-state index in [0.29, 0.717) is 59.7 Å². The number of azo groups is 1. The second-order valence-corrected chi connectivity index (χ2v) is 14.7. The molecule has 13 nitrogen and oxygen atoms in total. The molecule has 0 fully saturated rings.